The van der Waals surface area contributed by atoms with Gasteiger partial charge in [0.05, 0.1) is 16.9 Å². The average molecular weight is 367 g/mol. The van der Waals surface area contributed by atoms with Crippen molar-refractivity contribution in [2.75, 3.05) is 29.9 Å². The van der Waals surface area contributed by atoms with Gasteiger partial charge in [0, 0.05) is 38.0 Å². The number of anilines is 2. The van der Waals surface area contributed by atoms with Crippen LogP contribution in [0.4, 0.5) is 11.5 Å². The number of hydrogen-bond acceptors (Lipinski definition) is 6. The molecule has 1 saturated carbocycles. The Labute approximate surface area is 158 Å². The molecule has 3 heterocycles. The summed E-state index contributed by atoms with van der Waals surface area (Å²) in [5, 5.41) is 12.2. The van der Waals surface area contributed by atoms with Crippen molar-refractivity contribution in [1.82, 2.24) is 15.0 Å². The molecular weight excluding hydrogens is 342 g/mol. The zero-order chi connectivity index (χ0) is 18.8. The minimum Gasteiger partial charge on any atom is -0.396 e. The largest absolute Gasteiger partial charge is 0.396 e. The summed E-state index contributed by atoms with van der Waals surface area (Å²) in [5.41, 5.74) is 1.93. The number of hydrogen-bond donors (Lipinski definition) is 2. The predicted molar refractivity (Wildman–Crippen MR) is 103 cm³/mol. The van der Waals surface area contributed by atoms with Crippen LogP contribution in [0.3, 0.4) is 0 Å². The predicted octanol–water partition coefficient (Wildman–Crippen LogP) is 2.52. The van der Waals surface area contributed by atoms with Crippen molar-refractivity contribution in [2.45, 2.75) is 38.5 Å². The first-order valence-corrected chi connectivity index (χ1v) is 9.61. The Kier molecular flexibility index (Phi) is 5.03. The first-order valence-electron chi connectivity index (χ1n) is 9.61. The monoisotopic (exact) mass is 367 g/mol. The van der Waals surface area contributed by atoms with E-state index in [1.807, 2.05) is 19.1 Å². The van der Waals surface area contributed by atoms with Crippen LogP contribution in [0.2, 0.25) is 0 Å². The number of carbonyl (C=O) groups is 1. The molecule has 1 aliphatic carbocycles. The van der Waals surface area contributed by atoms with Crippen LogP contribution in [-0.2, 0) is 0 Å². The van der Waals surface area contributed by atoms with Crippen molar-refractivity contribution in [3.63, 3.8) is 0 Å². The van der Waals surface area contributed by atoms with Gasteiger partial charge in [0.25, 0.3) is 5.91 Å². The lowest BCUT2D eigenvalue weighted by Crippen LogP contribution is -2.35. The maximum Gasteiger partial charge on any atom is 0.258 e. The van der Waals surface area contributed by atoms with E-state index in [2.05, 4.69) is 25.2 Å². The highest BCUT2D eigenvalue weighted by atomic mass is 16.3. The quantitative estimate of drug-likeness (QED) is 0.844. The third-order valence-electron chi connectivity index (χ3n) is 5.39. The van der Waals surface area contributed by atoms with Crippen LogP contribution < -0.4 is 10.2 Å². The molecule has 27 heavy (non-hydrogen) atoms. The number of aryl methyl sites for hydroxylation is 1. The minimum absolute atomic E-state index is 0.223. The van der Waals surface area contributed by atoms with E-state index >= 15 is 0 Å². The van der Waals surface area contributed by atoms with Gasteiger partial charge in [-0.3, -0.25) is 4.79 Å². The van der Waals surface area contributed by atoms with Crippen molar-refractivity contribution < 1.29 is 9.90 Å². The second kappa shape index (κ2) is 7.60. The van der Waals surface area contributed by atoms with E-state index in [-0.39, 0.29) is 12.5 Å². The van der Waals surface area contributed by atoms with Crippen LogP contribution in [0.1, 0.15) is 53.5 Å². The van der Waals surface area contributed by atoms with Crippen molar-refractivity contribution in [2.24, 2.45) is 5.92 Å². The maximum absolute atomic E-state index is 12.5. The van der Waals surface area contributed by atoms with Gasteiger partial charge in [0.2, 0.25) is 0 Å². The van der Waals surface area contributed by atoms with Crippen molar-refractivity contribution >= 4 is 17.4 Å². The number of nitrogens with one attached hydrogen (secondary N) is 1. The van der Waals surface area contributed by atoms with Gasteiger partial charge in [-0.25, -0.2) is 15.0 Å². The number of aromatic nitrogens is 3. The smallest absolute Gasteiger partial charge is 0.258 e. The van der Waals surface area contributed by atoms with Crippen LogP contribution in [0.15, 0.2) is 24.5 Å². The molecule has 2 fully saturated rings. The first kappa shape index (κ1) is 17.9. The molecule has 7 heteroatoms. The second-order valence-corrected chi connectivity index (χ2v) is 7.47. The SMILES string of the molecule is Cc1nc(N2CCC(CO)CC2)ccc1NC(=O)c1cnc(C2CC2)nc1. The molecule has 0 aromatic carbocycles. The van der Waals surface area contributed by atoms with E-state index in [0.717, 1.165) is 56.1 Å². The summed E-state index contributed by atoms with van der Waals surface area (Å²) in [5.74, 6) is 2.40. The molecule has 2 N–H and O–H groups in total. The lowest BCUT2D eigenvalue weighted by atomic mass is 9.98. The van der Waals surface area contributed by atoms with E-state index in [1.165, 1.54) is 0 Å². The number of carbonyl (C=O) groups excluding carboxylic acids is 1. The highest BCUT2D eigenvalue weighted by Gasteiger charge is 2.26. The molecule has 2 aromatic rings. The molecular formula is C20H25N5O2. The first-order chi connectivity index (χ1) is 13.1. The zero-order valence-electron chi connectivity index (χ0n) is 15.6. The second-order valence-electron chi connectivity index (χ2n) is 7.47. The van der Waals surface area contributed by atoms with E-state index in [0.29, 0.717) is 23.1 Å². The highest BCUT2D eigenvalue weighted by Crippen LogP contribution is 2.37. The Hall–Kier alpha value is -2.54. The van der Waals surface area contributed by atoms with Gasteiger partial charge in [-0.1, -0.05) is 0 Å². The fourth-order valence-corrected chi connectivity index (χ4v) is 3.40. The number of piperidine rings is 1. The molecule has 1 saturated heterocycles. The summed E-state index contributed by atoms with van der Waals surface area (Å²) in [6.07, 6.45) is 7.43. The lowest BCUT2D eigenvalue weighted by molar-refractivity contribution is 0.102. The van der Waals surface area contributed by atoms with Gasteiger partial charge < -0.3 is 15.3 Å². The van der Waals surface area contributed by atoms with E-state index in [1.54, 1.807) is 12.4 Å². The molecule has 0 bridgehead atoms. The van der Waals surface area contributed by atoms with Crippen LogP contribution >= 0.6 is 0 Å². The van der Waals surface area contributed by atoms with Gasteiger partial charge >= 0.3 is 0 Å². The fourth-order valence-electron chi connectivity index (χ4n) is 3.40. The minimum atomic E-state index is -0.223. The topological polar surface area (TPSA) is 91.2 Å². The molecule has 1 amide bonds. The highest BCUT2D eigenvalue weighted by molar-refractivity contribution is 6.04. The summed E-state index contributed by atoms with van der Waals surface area (Å²) in [4.78, 5) is 28.0. The average Bonchev–Trinajstić information content (AvgIpc) is 3.55. The molecule has 7 nitrogen and oxygen atoms in total. The number of aliphatic hydroxyl groups excluding tert-OH is 1. The molecule has 1 aliphatic heterocycles. The molecule has 2 aromatic heterocycles. The van der Waals surface area contributed by atoms with E-state index < -0.39 is 0 Å². The Morgan fingerprint density at radius 1 is 1.19 bits per heavy atom. The number of rotatable bonds is 5. The van der Waals surface area contributed by atoms with Crippen LogP contribution in [-0.4, -0.2) is 45.7 Å². The van der Waals surface area contributed by atoms with Crippen LogP contribution in [0, 0.1) is 12.8 Å². The Balaban J connectivity index is 1.41. The van der Waals surface area contributed by atoms with Crippen molar-refractivity contribution in [1.29, 1.82) is 0 Å². The standard InChI is InChI=1S/C20H25N5O2/c1-13-17(4-5-18(23-13)25-8-6-14(12-26)7-9-25)24-20(27)16-10-21-19(22-11-16)15-2-3-15/h4-5,10-11,14-15,26H,2-3,6-9,12H2,1H3,(H,24,27). The Bertz CT molecular complexity index is 812. The maximum atomic E-state index is 12.5. The number of nitrogens with zero attached hydrogens (tertiary/aromatic N) is 4. The Morgan fingerprint density at radius 2 is 1.89 bits per heavy atom. The molecule has 0 radical (unpaired) electrons. The summed E-state index contributed by atoms with van der Waals surface area (Å²) in [6.45, 7) is 3.95. The van der Waals surface area contributed by atoms with Crippen LogP contribution in [0.25, 0.3) is 0 Å². The van der Waals surface area contributed by atoms with Crippen molar-refractivity contribution in [3.8, 4) is 0 Å². The summed E-state index contributed by atoms with van der Waals surface area (Å²) in [7, 11) is 0. The van der Waals surface area contributed by atoms with Gasteiger partial charge in [-0.2, -0.15) is 0 Å². The van der Waals surface area contributed by atoms with Crippen LogP contribution in [0.5, 0.6) is 0 Å². The van der Waals surface area contributed by atoms with E-state index in [4.69, 9.17) is 0 Å². The summed E-state index contributed by atoms with van der Waals surface area (Å²) in [6, 6.07) is 3.84. The summed E-state index contributed by atoms with van der Waals surface area (Å²) < 4.78 is 0. The molecule has 2 aliphatic rings. The fraction of sp³-hybridized carbons (Fsp3) is 0.500. The number of aliphatic hydroxyl groups is 1. The molecule has 0 spiro atoms. The number of amides is 1. The molecule has 142 valence electrons. The molecule has 0 atom stereocenters. The van der Waals surface area contributed by atoms with Gasteiger partial charge in [0.15, 0.2) is 0 Å². The Morgan fingerprint density at radius 3 is 2.48 bits per heavy atom. The van der Waals surface area contributed by atoms with Gasteiger partial charge in [-0.15, -0.1) is 0 Å². The lowest BCUT2D eigenvalue weighted by Gasteiger charge is -2.32. The summed E-state index contributed by atoms with van der Waals surface area (Å²) >= 11 is 0. The molecule has 4 rings (SSSR count). The molecule has 0 unspecified atom stereocenters. The van der Waals surface area contributed by atoms with Gasteiger partial charge in [-0.05, 0) is 50.7 Å². The normalized spacial score (nSPS) is 17.8. The zero-order valence-corrected chi connectivity index (χ0v) is 15.6. The third-order valence-corrected chi connectivity index (χ3v) is 5.39. The van der Waals surface area contributed by atoms with Crippen molar-refractivity contribution in [3.05, 3.63) is 41.6 Å². The number of pyridine rings is 1. The van der Waals surface area contributed by atoms with E-state index in [9.17, 15) is 9.90 Å². The van der Waals surface area contributed by atoms with Gasteiger partial charge in [0.1, 0.15) is 11.6 Å². The third kappa shape index (κ3) is 4.08.